The van der Waals surface area contributed by atoms with E-state index in [0.29, 0.717) is 5.92 Å². The van der Waals surface area contributed by atoms with Crippen molar-refractivity contribution < 1.29 is 4.79 Å². The highest BCUT2D eigenvalue weighted by Gasteiger charge is 2.08. The molecule has 0 aliphatic carbocycles. The molecule has 0 saturated carbocycles. The van der Waals surface area contributed by atoms with Crippen molar-refractivity contribution in [3.63, 3.8) is 0 Å². The second-order valence-corrected chi connectivity index (χ2v) is 2.59. The fourth-order valence-corrected chi connectivity index (χ4v) is 0.708. The van der Waals surface area contributed by atoms with Crippen LogP contribution in [0.1, 0.15) is 13.8 Å². The van der Waals surface area contributed by atoms with Crippen LogP contribution in [-0.4, -0.2) is 12.3 Å². The minimum absolute atomic E-state index is 0.0544. The molecule has 0 fully saturated rings. The highest BCUT2D eigenvalue weighted by molar-refractivity contribution is 5.92. The second kappa shape index (κ2) is 2.73. The summed E-state index contributed by atoms with van der Waals surface area (Å²) in [6.45, 7) is 4.20. The largest absolute Gasteiger partial charge is 0.293 e. The maximum absolute atomic E-state index is 10.7. The summed E-state index contributed by atoms with van der Waals surface area (Å²) < 4.78 is 0. The van der Waals surface area contributed by atoms with Gasteiger partial charge in [-0.2, -0.15) is 10.2 Å². The molecule has 10 heavy (non-hydrogen) atoms. The number of nitrogens with zero attached hydrogens (tertiary/aromatic N) is 2. The summed E-state index contributed by atoms with van der Waals surface area (Å²) in [4.78, 5) is 10.7. The molecule has 0 atom stereocenters. The Labute approximate surface area is 59.8 Å². The van der Waals surface area contributed by atoms with E-state index in [0.717, 1.165) is 5.70 Å². The maximum atomic E-state index is 10.7. The smallest absolute Gasteiger partial charge is 0.180 e. The van der Waals surface area contributed by atoms with Crippen molar-refractivity contribution in [3.05, 3.63) is 11.8 Å². The normalized spacial score (nSPS) is 17.9. The maximum Gasteiger partial charge on any atom is 0.180 e. The molecule has 1 rings (SSSR count). The lowest BCUT2D eigenvalue weighted by Gasteiger charge is -2.06. The monoisotopic (exact) mass is 138 g/mol. The Hall–Kier alpha value is -0.990. The molecule has 0 N–H and O–H groups in total. The molecular formula is C7H10N2O. The average molecular weight is 138 g/mol. The van der Waals surface area contributed by atoms with Gasteiger partial charge >= 0.3 is 0 Å². The lowest BCUT2D eigenvalue weighted by Crippen LogP contribution is -2.05. The number of azo groups is 1. The molecule has 1 aliphatic rings. The molecule has 0 amide bonds. The first-order chi connectivity index (χ1) is 4.70. The average Bonchev–Trinajstić information content (AvgIpc) is 1.88. The third-order valence-electron chi connectivity index (χ3n) is 1.31. The zero-order valence-corrected chi connectivity index (χ0v) is 6.16. The topological polar surface area (TPSA) is 41.8 Å². The molecule has 1 heterocycles. The Bertz CT molecular complexity index is 204. The van der Waals surface area contributed by atoms with Crippen molar-refractivity contribution in [2.45, 2.75) is 13.8 Å². The van der Waals surface area contributed by atoms with E-state index in [1.54, 1.807) is 6.08 Å². The summed E-state index contributed by atoms with van der Waals surface area (Å²) in [7, 11) is 0. The Morgan fingerprint density at radius 3 is 2.70 bits per heavy atom. The van der Waals surface area contributed by atoms with Crippen LogP contribution in [0.5, 0.6) is 0 Å². The minimum atomic E-state index is 0.0544. The van der Waals surface area contributed by atoms with Gasteiger partial charge in [0.05, 0.1) is 5.70 Å². The number of hydrogen-bond donors (Lipinski definition) is 0. The van der Waals surface area contributed by atoms with Gasteiger partial charge in [0.2, 0.25) is 0 Å². The molecule has 3 nitrogen and oxygen atoms in total. The SMILES string of the molecule is CC(C)C1=CC(=O)CN=N1. The van der Waals surface area contributed by atoms with Crippen molar-refractivity contribution in [1.82, 2.24) is 0 Å². The first-order valence-electron chi connectivity index (χ1n) is 3.32. The van der Waals surface area contributed by atoms with Crippen molar-refractivity contribution >= 4 is 5.78 Å². The molecule has 0 aromatic rings. The van der Waals surface area contributed by atoms with Crippen LogP contribution in [0.15, 0.2) is 22.0 Å². The van der Waals surface area contributed by atoms with Crippen molar-refractivity contribution in [2.75, 3.05) is 6.54 Å². The van der Waals surface area contributed by atoms with Gasteiger partial charge in [-0.05, 0) is 5.92 Å². The van der Waals surface area contributed by atoms with E-state index in [1.807, 2.05) is 13.8 Å². The van der Waals surface area contributed by atoms with Crippen LogP contribution >= 0.6 is 0 Å². The fraction of sp³-hybridized carbons (Fsp3) is 0.571. The molecule has 0 unspecified atom stereocenters. The van der Waals surface area contributed by atoms with Gasteiger partial charge in [0.1, 0.15) is 6.54 Å². The van der Waals surface area contributed by atoms with Crippen molar-refractivity contribution in [1.29, 1.82) is 0 Å². The number of hydrogen-bond acceptors (Lipinski definition) is 3. The van der Waals surface area contributed by atoms with Crippen molar-refractivity contribution in [2.24, 2.45) is 16.1 Å². The third-order valence-corrected chi connectivity index (χ3v) is 1.31. The molecule has 54 valence electrons. The molecular weight excluding hydrogens is 128 g/mol. The van der Waals surface area contributed by atoms with E-state index in [9.17, 15) is 4.79 Å². The standard InChI is InChI=1S/C7H10N2O/c1-5(2)7-3-6(10)4-8-9-7/h3,5H,4H2,1-2H3. The molecule has 0 bridgehead atoms. The summed E-state index contributed by atoms with van der Waals surface area (Å²) in [5.41, 5.74) is 0.788. The van der Waals surface area contributed by atoms with Crippen LogP contribution < -0.4 is 0 Å². The highest BCUT2D eigenvalue weighted by Crippen LogP contribution is 2.13. The summed E-state index contributed by atoms with van der Waals surface area (Å²) >= 11 is 0. The second-order valence-electron chi connectivity index (χ2n) is 2.59. The summed E-state index contributed by atoms with van der Waals surface area (Å²) in [5.74, 6) is 0.353. The Morgan fingerprint density at radius 2 is 2.30 bits per heavy atom. The van der Waals surface area contributed by atoms with Crippen molar-refractivity contribution in [3.8, 4) is 0 Å². The number of carbonyl (C=O) groups is 1. The van der Waals surface area contributed by atoms with Crippen LogP contribution in [0.2, 0.25) is 0 Å². The minimum Gasteiger partial charge on any atom is -0.293 e. The summed E-state index contributed by atoms with van der Waals surface area (Å²) in [6.07, 6.45) is 1.57. The van der Waals surface area contributed by atoms with Gasteiger partial charge in [-0.25, -0.2) is 0 Å². The highest BCUT2D eigenvalue weighted by atomic mass is 16.1. The van der Waals surface area contributed by atoms with E-state index in [-0.39, 0.29) is 12.3 Å². The zero-order chi connectivity index (χ0) is 7.56. The Kier molecular flexibility index (Phi) is 1.94. The lowest BCUT2D eigenvalue weighted by molar-refractivity contribution is -0.113. The fourth-order valence-electron chi connectivity index (χ4n) is 0.708. The first kappa shape index (κ1) is 7.12. The number of rotatable bonds is 1. The van der Waals surface area contributed by atoms with Crippen LogP contribution in [0.25, 0.3) is 0 Å². The van der Waals surface area contributed by atoms with Gasteiger partial charge in [-0.3, -0.25) is 4.79 Å². The molecule has 0 spiro atoms. The van der Waals surface area contributed by atoms with E-state index in [1.165, 1.54) is 0 Å². The predicted molar refractivity (Wildman–Crippen MR) is 37.7 cm³/mol. The predicted octanol–water partition coefficient (Wildman–Crippen LogP) is 1.56. The van der Waals surface area contributed by atoms with Crippen LogP contribution in [-0.2, 0) is 4.79 Å². The molecule has 0 saturated heterocycles. The quantitative estimate of drug-likeness (QED) is 0.542. The van der Waals surface area contributed by atoms with Gasteiger partial charge < -0.3 is 0 Å². The molecule has 3 heteroatoms. The van der Waals surface area contributed by atoms with E-state index >= 15 is 0 Å². The van der Waals surface area contributed by atoms with Crippen LogP contribution in [0.3, 0.4) is 0 Å². The lowest BCUT2D eigenvalue weighted by atomic mass is 10.1. The number of ketones is 1. The molecule has 0 aromatic carbocycles. The molecule has 0 radical (unpaired) electrons. The number of carbonyl (C=O) groups excluding carboxylic acids is 1. The first-order valence-corrected chi connectivity index (χ1v) is 3.32. The number of allylic oxidation sites excluding steroid dienone is 1. The molecule has 0 aromatic heterocycles. The van der Waals surface area contributed by atoms with E-state index < -0.39 is 0 Å². The van der Waals surface area contributed by atoms with E-state index in [2.05, 4.69) is 10.2 Å². The Balaban J connectivity index is 2.76. The van der Waals surface area contributed by atoms with Gasteiger partial charge in [-0.1, -0.05) is 13.8 Å². The Morgan fingerprint density at radius 1 is 1.60 bits per heavy atom. The zero-order valence-electron chi connectivity index (χ0n) is 6.16. The van der Waals surface area contributed by atoms with Gasteiger partial charge in [0.15, 0.2) is 5.78 Å². The van der Waals surface area contributed by atoms with Gasteiger partial charge in [0, 0.05) is 6.08 Å². The summed E-state index contributed by atoms with van der Waals surface area (Å²) in [6, 6.07) is 0. The van der Waals surface area contributed by atoms with Crippen LogP contribution in [0.4, 0.5) is 0 Å². The summed E-state index contributed by atoms with van der Waals surface area (Å²) in [5, 5.41) is 7.51. The van der Waals surface area contributed by atoms with Gasteiger partial charge in [0.25, 0.3) is 0 Å². The molecule has 1 aliphatic heterocycles. The van der Waals surface area contributed by atoms with Gasteiger partial charge in [-0.15, -0.1) is 0 Å². The third kappa shape index (κ3) is 1.50. The van der Waals surface area contributed by atoms with E-state index in [4.69, 9.17) is 0 Å². The van der Waals surface area contributed by atoms with Crippen LogP contribution in [0, 0.1) is 5.92 Å².